The monoisotopic (exact) mass is 322 g/mol. The van der Waals surface area contributed by atoms with Gasteiger partial charge in [0.15, 0.2) is 0 Å². The molecule has 0 saturated heterocycles. The summed E-state index contributed by atoms with van der Waals surface area (Å²) in [4.78, 5) is 11.1. The van der Waals surface area contributed by atoms with Crippen LogP contribution in [-0.4, -0.2) is 5.91 Å². The van der Waals surface area contributed by atoms with E-state index in [2.05, 4.69) is 5.32 Å². The molecule has 0 aromatic heterocycles. The number of nitrogens with one attached hydrogen (secondary N) is 1. The van der Waals surface area contributed by atoms with Crippen LogP contribution in [-0.2, 0) is 11.2 Å². The number of halogens is 2. The van der Waals surface area contributed by atoms with Crippen molar-refractivity contribution < 1.29 is 4.79 Å². The zero-order chi connectivity index (χ0) is 15.4. The minimum Gasteiger partial charge on any atom is -0.378 e. The number of hydrogen-bond donors (Lipinski definition) is 2. The fourth-order valence-corrected chi connectivity index (χ4v) is 2.64. The number of carbonyl (C=O) groups is 1. The number of carbonyl (C=O) groups excluding carboxylic acids is 1. The number of rotatable bonds is 5. The second-order valence-electron chi connectivity index (χ2n) is 4.81. The molecule has 0 aliphatic heterocycles. The molecule has 0 saturated carbocycles. The first kappa shape index (κ1) is 15.7. The summed E-state index contributed by atoms with van der Waals surface area (Å²) in [7, 11) is 0. The van der Waals surface area contributed by atoms with E-state index in [9.17, 15) is 4.79 Å². The van der Waals surface area contributed by atoms with Gasteiger partial charge in [0.05, 0.1) is 22.5 Å². The van der Waals surface area contributed by atoms with Crippen molar-refractivity contribution in [2.75, 3.05) is 5.32 Å². The van der Waals surface area contributed by atoms with Crippen LogP contribution in [0.4, 0.5) is 5.69 Å². The Labute approximate surface area is 134 Å². The van der Waals surface area contributed by atoms with Crippen molar-refractivity contribution in [1.29, 1.82) is 0 Å². The Morgan fingerprint density at radius 3 is 2.62 bits per heavy atom. The molecule has 0 radical (unpaired) electrons. The molecule has 1 amide bonds. The molecule has 2 aromatic carbocycles. The number of para-hydroxylation sites is 1. The highest BCUT2D eigenvalue weighted by Gasteiger charge is 2.13. The molecule has 3 nitrogen and oxygen atoms in total. The highest BCUT2D eigenvalue weighted by molar-refractivity contribution is 6.42. The average molecular weight is 323 g/mol. The Balaban J connectivity index is 2.25. The highest BCUT2D eigenvalue weighted by atomic mass is 35.5. The number of amides is 1. The van der Waals surface area contributed by atoms with Crippen LogP contribution in [0.15, 0.2) is 42.5 Å². The van der Waals surface area contributed by atoms with Crippen molar-refractivity contribution >= 4 is 34.8 Å². The molecule has 0 fully saturated rings. The quantitative estimate of drug-likeness (QED) is 0.867. The molecule has 21 heavy (non-hydrogen) atoms. The molecule has 0 aliphatic rings. The summed E-state index contributed by atoms with van der Waals surface area (Å²) >= 11 is 12.3. The molecule has 1 unspecified atom stereocenters. The van der Waals surface area contributed by atoms with Crippen LogP contribution < -0.4 is 11.1 Å². The van der Waals surface area contributed by atoms with Gasteiger partial charge in [0.25, 0.3) is 0 Å². The van der Waals surface area contributed by atoms with Gasteiger partial charge < -0.3 is 11.1 Å². The zero-order valence-corrected chi connectivity index (χ0v) is 13.1. The van der Waals surface area contributed by atoms with Crippen molar-refractivity contribution in [2.24, 2.45) is 5.73 Å². The summed E-state index contributed by atoms with van der Waals surface area (Å²) in [5, 5.41) is 4.40. The number of anilines is 1. The fourth-order valence-electron chi connectivity index (χ4n) is 2.17. The average Bonchev–Trinajstić information content (AvgIpc) is 2.43. The van der Waals surface area contributed by atoms with Crippen LogP contribution in [0.25, 0.3) is 0 Å². The molecule has 0 spiro atoms. The van der Waals surface area contributed by atoms with Gasteiger partial charge in [-0.15, -0.1) is 0 Å². The lowest BCUT2D eigenvalue weighted by Crippen LogP contribution is -2.16. The third-order valence-electron chi connectivity index (χ3n) is 3.20. The van der Waals surface area contributed by atoms with Gasteiger partial charge in [-0.2, -0.15) is 0 Å². The molecule has 3 N–H and O–H groups in total. The van der Waals surface area contributed by atoms with Gasteiger partial charge in [-0.3, -0.25) is 4.79 Å². The van der Waals surface area contributed by atoms with Crippen LogP contribution in [0.2, 0.25) is 10.0 Å². The first-order valence-electron chi connectivity index (χ1n) is 6.55. The van der Waals surface area contributed by atoms with Crippen LogP contribution >= 0.6 is 23.2 Å². The molecule has 2 rings (SSSR count). The van der Waals surface area contributed by atoms with Crippen LogP contribution in [0, 0.1) is 0 Å². The Morgan fingerprint density at radius 1 is 1.19 bits per heavy atom. The second-order valence-corrected chi connectivity index (χ2v) is 5.59. The van der Waals surface area contributed by atoms with Crippen molar-refractivity contribution in [1.82, 2.24) is 0 Å². The van der Waals surface area contributed by atoms with E-state index in [1.807, 2.05) is 43.3 Å². The molecule has 0 bridgehead atoms. The lowest BCUT2D eigenvalue weighted by atomic mass is 10.1. The first-order chi connectivity index (χ1) is 9.99. The third kappa shape index (κ3) is 3.90. The minimum absolute atomic E-state index is 0.0507. The van der Waals surface area contributed by atoms with Crippen LogP contribution in [0.5, 0.6) is 0 Å². The number of primary amides is 1. The van der Waals surface area contributed by atoms with E-state index in [0.717, 1.165) is 16.8 Å². The zero-order valence-electron chi connectivity index (χ0n) is 11.6. The van der Waals surface area contributed by atoms with E-state index in [1.165, 1.54) is 0 Å². The Bertz CT molecular complexity index is 658. The standard InChI is InChI=1S/C16H16Cl2N2O/c1-10(12-6-4-7-13(17)16(12)18)20-14-8-3-2-5-11(14)9-15(19)21/h2-8,10,20H,9H2,1H3,(H2,19,21). The predicted octanol–water partition coefficient (Wildman–Crippen LogP) is 4.19. The molecular weight excluding hydrogens is 307 g/mol. The summed E-state index contributed by atoms with van der Waals surface area (Å²) in [6.07, 6.45) is 0.194. The molecule has 110 valence electrons. The lowest BCUT2D eigenvalue weighted by Gasteiger charge is -2.19. The molecule has 5 heteroatoms. The number of hydrogen-bond acceptors (Lipinski definition) is 2. The first-order valence-corrected chi connectivity index (χ1v) is 7.31. The topological polar surface area (TPSA) is 55.1 Å². The number of nitrogens with two attached hydrogens (primary N) is 1. The SMILES string of the molecule is CC(Nc1ccccc1CC(N)=O)c1cccc(Cl)c1Cl. The van der Waals surface area contributed by atoms with E-state index in [4.69, 9.17) is 28.9 Å². The number of benzene rings is 2. The minimum atomic E-state index is -0.363. The van der Waals surface area contributed by atoms with E-state index in [1.54, 1.807) is 6.07 Å². The van der Waals surface area contributed by atoms with Crippen molar-refractivity contribution in [3.05, 3.63) is 63.6 Å². The van der Waals surface area contributed by atoms with Gasteiger partial charge in [0, 0.05) is 5.69 Å². The van der Waals surface area contributed by atoms with E-state index in [-0.39, 0.29) is 18.4 Å². The van der Waals surface area contributed by atoms with Crippen LogP contribution in [0.3, 0.4) is 0 Å². The summed E-state index contributed by atoms with van der Waals surface area (Å²) in [6.45, 7) is 1.98. The molecule has 2 aromatic rings. The summed E-state index contributed by atoms with van der Waals surface area (Å²) in [5.74, 6) is -0.363. The predicted molar refractivity (Wildman–Crippen MR) is 87.8 cm³/mol. The van der Waals surface area contributed by atoms with Crippen LogP contribution in [0.1, 0.15) is 24.1 Å². The van der Waals surface area contributed by atoms with Gasteiger partial charge >= 0.3 is 0 Å². The highest BCUT2D eigenvalue weighted by Crippen LogP contribution is 2.32. The van der Waals surface area contributed by atoms with E-state index >= 15 is 0 Å². The largest absolute Gasteiger partial charge is 0.378 e. The molecule has 0 aliphatic carbocycles. The molecule has 1 atom stereocenters. The fraction of sp³-hybridized carbons (Fsp3) is 0.188. The maximum atomic E-state index is 11.1. The van der Waals surface area contributed by atoms with E-state index in [0.29, 0.717) is 10.0 Å². The van der Waals surface area contributed by atoms with Gasteiger partial charge in [-0.05, 0) is 30.2 Å². The second kappa shape index (κ2) is 6.83. The molecular formula is C16H16Cl2N2O. The maximum Gasteiger partial charge on any atom is 0.221 e. The lowest BCUT2D eigenvalue weighted by molar-refractivity contribution is -0.117. The van der Waals surface area contributed by atoms with Crippen molar-refractivity contribution in [3.63, 3.8) is 0 Å². The summed E-state index contributed by atoms with van der Waals surface area (Å²) in [6, 6.07) is 13.0. The van der Waals surface area contributed by atoms with Gasteiger partial charge in [-0.1, -0.05) is 53.5 Å². The van der Waals surface area contributed by atoms with Gasteiger partial charge in [0.1, 0.15) is 0 Å². The molecule has 0 heterocycles. The summed E-state index contributed by atoms with van der Waals surface area (Å²) in [5.41, 5.74) is 7.89. The normalized spacial score (nSPS) is 12.0. The summed E-state index contributed by atoms with van der Waals surface area (Å²) < 4.78 is 0. The van der Waals surface area contributed by atoms with Crippen molar-refractivity contribution in [3.8, 4) is 0 Å². The maximum absolute atomic E-state index is 11.1. The Kier molecular flexibility index (Phi) is 5.10. The van der Waals surface area contributed by atoms with E-state index < -0.39 is 0 Å². The van der Waals surface area contributed by atoms with Gasteiger partial charge in [0.2, 0.25) is 5.91 Å². The van der Waals surface area contributed by atoms with Crippen molar-refractivity contribution in [2.45, 2.75) is 19.4 Å². The Hall–Kier alpha value is -1.71. The third-order valence-corrected chi connectivity index (χ3v) is 4.04. The smallest absolute Gasteiger partial charge is 0.221 e. The Morgan fingerprint density at radius 2 is 1.90 bits per heavy atom. The van der Waals surface area contributed by atoms with Gasteiger partial charge in [-0.25, -0.2) is 0 Å².